The average molecular weight is 499 g/mol. The van der Waals surface area contributed by atoms with Gasteiger partial charge < -0.3 is 50.7 Å². The van der Waals surface area contributed by atoms with Crippen molar-refractivity contribution in [2.75, 3.05) is 6.61 Å². The molecule has 14 nitrogen and oxygen atoms in total. The highest BCUT2D eigenvalue weighted by Crippen LogP contribution is 2.32. The molecule has 1 aliphatic rings. The van der Waals surface area contributed by atoms with E-state index in [1.54, 1.807) is 0 Å². The molecule has 0 bridgehead atoms. The minimum Gasteiger partial charge on any atom is -0.481 e. The molecule has 5 atom stereocenters. The van der Waals surface area contributed by atoms with E-state index in [-0.39, 0.29) is 0 Å². The predicted octanol–water partition coefficient (Wildman–Crippen LogP) is -2.14. The van der Waals surface area contributed by atoms with E-state index in [1.165, 1.54) is 0 Å². The highest BCUT2D eigenvalue weighted by atomic mass is 79.9. The van der Waals surface area contributed by atoms with E-state index in [9.17, 15) is 20.4 Å². The molecule has 1 heterocycles. The summed E-state index contributed by atoms with van der Waals surface area (Å²) in [5.74, 6) is -3.33. The predicted molar refractivity (Wildman–Crippen MR) is 97.1 cm³/mol. The summed E-state index contributed by atoms with van der Waals surface area (Å²) >= 11 is 2.61. The standard InChI is InChI=1S/C6H11BrO6.4C2H4O2/c7-6(12)5(11)4(10)3(9)2(1-8)13-6;4*1-2(3)4/h2-5,8-12H,1H2;4*1H3,(H,3,4)/t2-,3-,4+,5-,6-;;;;/m0..../s1. The van der Waals surface area contributed by atoms with E-state index in [0.29, 0.717) is 0 Å². The van der Waals surface area contributed by atoms with Gasteiger partial charge in [0.05, 0.1) is 6.61 Å². The molecule has 0 aromatic carbocycles. The monoisotopic (exact) mass is 498 g/mol. The smallest absolute Gasteiger partial charge is 0.300 e. The lowest BCUT2D eigenvalue weighted by molar-refractivity contribution is -0.301. The molecule has 174 valence electrons. The lowest BCUT2D eigenvalue weighted by atomic mass is 9.99. The van der Waals surface area contributed by atoms with Crippen LogP contribution in [-0.4, -0.2) is 106 Å². The molecule has 1 aliphatic heterocycles. The van der Waals surface area contributed by atoms with E-state index >= 15 is 0 Å². The second-order valence-electron chi connectivity index (χ2n) is 4.95. The zero-order valence-electron chi connectivity index (χ0n) is 16.0. The van der Waals surface area contributed by atoms with Crippen LogP contribution in [0.5, 0.6) is 0 Å². The number of aliphatic hydroxyl groups excluding tert-OH is 4. The van der Waals surface area contributed by atoms with Crippen molar-refractivity contribution in [1.29, 1.82) is 0 Å². The molecule has 1 saturated heterocycles. The third-order valence-corrected chi connectivity index (χ3v) is 2.57. The first kappa shape index (κ1) is 34.6. The average Bonchev–Trinajstić information content (AvgIpc) is 2.47. The van der Waals surface area contributed by atoms with Crippen molar-refractivity contribution in [2.24, 2.45) is 0 Å². The highest BCUT2D eigenvalue weighted by molar-refractivity contribution is 9.10. The molecular formula is C14H27BrO14. The molecular weight excluding hydrogens is 472 g/mol. The summed E-state index contributed by atoms with van der Waals surface area (Å²) in [6.45, 7) is 3.76. The largest absolute Gasteiger partial charge is 0.481 e. The number of carboxylic acids is 4. The van der Waals surface area contributed by atoms with Gasteiger partial charge in [-0.25, -0.2) is 0 Å². The summed E-state index contributed by atoms with van der Waals surface area (Å²) in [7, 11) is 0. The van der Waals surface area contributed by atoms with Gasteiger partial charge in [-0.3, -0.25) is 19.2 Å². The molecule has 15 heteroatoms. The Kier molecular flexibility index (Phi) is 21.7. The molecule has 0 spiro atoms. The van der Waals surface area contributed by atoms with Crippen LogP contribution in [0, 0.1) is 0 Å². The van der Waals surface area contributed by atoms with Crippen molar-refractivity contribution in [1.82, 2.24) is 0 Å². The fourth-order valence-corrected chi connectivity index (χ4v) is 1.63. The van der Waals surface area contributed by atoms with Crippen LogP contribution in [0.15, 0.2) is 0 Å². The number of hydrogen-bond acceptors (Lipinski definition) is 10. The van der Waals surface area contributed by atoms with E-state index in [4.69, 9.17) is 44.7 Å². The first-order valence-electron chi connectivity index (χ1n) is 7.35. The maximum atomic E-state index is 9.29. The minimum atomic E-state index is -2.14. The first-order valence-corrected chi connectivity index (χ1v) is 8.14. The van der Waals surface area contributed by atoms with Crippen molar-refractivity contribution in [2.45, 2.75) is 56.8 Å². The topological polar surface area (TPSA) is 260 Å². The zero-order chi connectivity index (χ0) is 24.5. The Hall–Kier alpha value is -1.88. The van der Waals surface area contributed by atoms with Crippen molar-refractivity contribution in [3.05, 3.63) is 0 Å². The Morgan fingerprint density at radius 2 is 1.03 bits per heavy atom. The summed E-state index contributed by atoms with van der Waals surface area (Å²) in [5.41, 5.74) is 0. The van der Waals surface area contributed by atoms with Gasteiger partial charge in [-0.1, -0.05) is 0 Å². The fraction of sp³-hybridized carbons (Fsp3) is 0.714. The number of ether oxygens (including phenoxy) is 1. The molecule has 1 fully saturated rings. The van der Waals surface area contributed by atoms with Crippen LogP contribution in [0.25, 0.3) is 0 Å². The third-order valence-electron chi connectivity index (χ3n) is 1.92. The second-order valence-corrected chi connectivity index (χ2v) is 6.09. The number of rotatable bonds is 1. The van der Waals surface area contributed by atoms with Gasteiger partial charge in [-0.05, 0) is 15.9 Å². The van der Waals surface area contributed by atoms with Crippen LogP contribution in [0.3, 0.4) is 0 Å². The van der Waals surface area contributed by atoms with Crippen LogP contribution >= 0.6 is 15.9 Å². The second kappa shape index (κ2) is 18.2. The van der Waals surface area contributed by atoms with Crippen LogP contribution in [0.1, 0.15) is 27.7 Å². The van der Waals surface area contributed by atoms with Crippen LogP contribution < -0.4 is 0 Å². The normalized spacial score (nSPS) is 26.8. The number of carbonyl (C=O) groups is 4. The molecule has 0 amide bonds. The minimum absolute atomic E-state index is 0.571. The molecule has 29 heavy (non-hydrogen) atoms. The molecule has 0 aromatic rings. The molecule has 1 rings (SSSR count). The SMILES string of the molecule is CC(=O)O.CC(=O)O.CC(=O)O.CC(=O)O.OC[C@@H]1O[C@](O)(Br)[C@@H](O)[C@H](O)[C@H]1O. The molecule has 0 radical (unpaired) electrons. The van der Waals surface area contributed by atoms with Crippen molar-refractivity contribution in [3.8, 4) is 0 Å². The number of carboxylic acid groups (broad SMARTS) is 4. The van der Waals surface area contributed by atoms with Gasteiger partial charge in [-0.2, -0.15) is 0 Å². The van der Waals surface area contributed by atoms with Gasteiger partial charge in [0.15, 0.2) is 0 Å². The van der Waals surface area contributed by atoms with E-state index < -0.39 is 59.6 Å². The van der Waals surface area contributed by atoms with E-state index in [0.717, 1.165) is 27.7 Å². The maximum Gasteiger partial charge on any atom is 0.300 e. The van der Waals surface area contributed by atoms with Gasteiger partial charge >= 0.3 is 0 Å². The zero-order valence-corrected chi connectivity index (χ0v) is 17.5. The molecule has 0 unspecified atom stereocenters. The highest BCUT2D eigenvalue weighted by Gasteiger charge is 2.51. The number of halogens is 1. The molecule has 9 N–H and O–H groups in total. The Balaban J connectivity index is -0.000000162. The van der Waals surface area contributed by atoms with Crippen molar-refractivity contribution >= 4 is 39.8 Å². The molecule has 0 saturated carbocycles. The molecule has 0 aromatic heterocycles. The fourth-order valence-electron chi connectivity index (χ4n) is 1.11. The summed E-state index contributed by atoms with van der Waals surface area (Å²) in [6, 6.07) is 0. The van der Waals surface area contributed by atoms with Gasteiger partial charge in [-0.15, -0.1) is 0 Å². The summed E-state index contributed by atoms with van der Waals surface area (Å²) < 4.78 is 2.54. The molecule has 0 aliphatic carbocycles. The Labute approximate surface area is 173 Å². The number of alkyl halides is 1. The third kappa shape index (κ3) is 28.4. The number of aliphatic carboxylic acids is 4. The summed E-state index contributed by atoms with van der Waals surface area (Å²) in [5, 5.41) is 75.2. The number of hydrogen-bond donors (Lipinski definition) is 9. The Bertz CT molecular complexity index is 429. The van der Waals surface area contributed by atoms with E-state index in [1.807, 2.05) is 0 Å². The van der Waals surface area contributed by atoms with Gasteiger partial charge in [0.25, 0.3) is 28.6 Å². The van der Waals surface area contributed by atoms with Crippen LogP contribution in [-0.2, 0) is 23.9 Å². The number of aliphatic hydroxyl groups is 5. The summed E-state index contributed by atoms with van der Waals surface area (Å²) in [4.78, 5) is 36.0. The van der Waals surface area contributed by atoms with Crippen molar-refractivity contribution < 1.29 is 69.9 Å². The quantitative estimate of drug-likeness (QED) is 0.175. The van der Waals surface area contributed by atoms with Gasteiger partial charge in [0.2, 0.25) is 0 Å². The van der Waals surface area contributed by atoms with Gasteiger partial charge in [0.1, 0.15) is 24.4 Å². The summed E-state index contributed by atoms with van der Waals surface area (Å²) in [6.07, 6.45) is -5.82. The Morgan fingerprint density at radius 3 is 1.24 bits per heavy atom. The lowest BCUT2D eigenvalue weighted by Gasteiger charge is -2.42. The van der Waals surface area contributed by atoms with Crippen LogP contribution in [0.4, 0.5) is 0 Å². The lowest BCUT2D eigenvalue weighted by Crippen LogP contribution is -2.62. The van der Waals surface area contributed by atoms with Gasteiger partial charge in [0, 0.05) is 27.7 Å². The van der Waals surface area contributed by atoms with Crippen molar-refractivity contribution in [3.63, 3.8) is 0 Å². The maximum absolute atomic E-state index is 9.29. The first-order chi connectivity index (χ1) is 12.8. The van der Waals surface area contributed by atoms with Crippen LogP contribution in [0.2, 0.25) is 0 Å². The Morgan fingerprint density at radius 1 is 0.793 bits per heavy atom. The van der Waals surface area contributed by atoms with E-state index in [2.05, 4.69) is 20.7 Å².